The van der Waals surface area contributed by atoms with Gasteiger partial charge >= 0.3 is 5.97 Å². The fourth-order valence-electron chi connectivity index (χ4n) is 2.63. The quantitative estimate of drug-likeness (QED) is 0.745. The van der Waals surface area contributed by atoms with Crippen molar-refractivity contribution in [1.82, 2.24) is 9.78 Å². The third-order valence-corrected chi connectivity index (χ3v) is 5.79. The Hall–Kier alpha value is -2.12. The molecule has 0 saturated heterocycles. The van der Waals surface area contributed by atoms with Crippen LogP contribution in [-0.4, -0.2) is 29.9 Å². The van der Waals surface area contributed by atoms with E-state index in [4.69, 9.17) is 16.3 Å². The molecule has 2 heterocycles. The molecule has 0 saturated carbocycles. The lowest BCUT2D eigenvalue weighted by Gasteiger charge is -2.08. The lowest BCUT2D eigenvalue weighted by molar-refractivity contribution is -0.145. The van der Waals surface area contributed by atoms with E-state index >= 15 is 0 Å². The van der Waals surface area contributed by atoms with Gasteiger partial charge in [-0.05, 0) is 19.1 Å². The lowest BCUT2D eigenvalue weighted by atomic mass is 10.1. The monoisotopic (exact) mass is 380 g/mol. The molecule has 0 N–H and O–H groups in total. The molecular weight excluding hydrogens is 364 g/mol. The van der Waals surface area contributed by atoms with Crippen molar-refractivity contribution in [3.05, 3.63) is 58.2 Å². The Labute approximate surface area is 151 Å². The van der Waals surface area contributed by atoms with Crippen LogP contribution in [0.15, 0.2) is 41.8 Å². The SMILES string of the molecule is Cc1nn(-c2ccccc2)c(Cl)c1COC(=O)CC1C=CS(=O)(=O)C1. The average Bonchev–Trinajstić information content (AvgIpc) is 3.05. The minimum atomic E-state index is -3.17. The van der Waals surface area contributed by atoms with Gasteiger partial charge in [-0.2, -0.15) is 5.10 Å². The molecule has 2 aromatic rings. The Morgan fingerprint density at radius 2 is 2.08 bits per heavy atom. The molecule has 1 aliphatic heterocycles. The van der Waals surface area contributed by atoms with Crippen LogP contribution >= 0.6 is 11.6 Å². The van der Waals surface area contributed by atoms with Gasteiger partial charge in [-0.1, -0.05) is 35.9 Å². The van der Waals surface area contributed by atoms with Gasteiger partial charge in [0.05, 0.1) is 23.6 Å². The third kappa shape index (κ3) is 4.11. The number of aryl methyl sites for hydroxylation is 1. The van der Waals surface area contributed by atoms with E-state index in [0.717, 1.165) is 11.1 Å². The molecule has 6 nitrogen and oxygen atoms in total. The highest BCUT2D eigenvalue weighted by Crippen LogP contribution is 2.25. The minimum absolute atomic E-state index is 0.000478. The molecule has 3 rings (SSSR count). The van der Waals surface area contributed by atoms with E-state index in [1.165, 1.54) is 6.08 Å². The van der Waals surface area contributed by atoms with E-state index in [1.807, 2.05) is 30.3 Å². The molecule has 0 fully saturated rings. The van der Waals surface area contributed by atoms with Gasteiger partial charge in [0.15, 0.2) is 9.84 Å². The van der Waals surface area contributed by atoms with E-state index < -0.39 is 15.8 Å². The molecule has 0 bridgehead atoms. The minimum Gasteiger partial charge on any atom is -0.461 e. The number of nitrogens with zero attached hydrogens (tertiary/aromatic N) is 2. The van der Waals surface area contributed by atoms with Crippen molar-refractivity contribution in [3.8, 4) is 5.69 Å². The standard InChI is InChI=1S/C17H17ClN2O4S/c1-12-15(17(18)20(19-12)14-5-3-2-4-6-14)10-24-16(21)9-13-7-8-25(22,23)11-13/h2-8,13H,9-11H2,1H3. The van der Waals surface area contributed by atoms with Crippen molar-refractivity contribution in [3.63, 3.8) is 0 Å². The molecule has 1 aromatic carbocycles. The molecular formula is C17H17ClN2O4S. The third-order valence-electron chi connectivity index (χ3n) is 3.93. The number of hydrogen-bond acceptors (Lipinski definition) is 5. The number of ether oxygens (including phenoxy) is 1. The zero-order valence-electron chi connectivity index (χ0n) is 13.6. The zero-order valence-corrected chi connectivity index (χ0v) is 15.1. The fourth-order valence-corrected chi connectivity index (χ4v) is 4.35. The summed E-state index contributed by atoms with van der Waals surface area (Å²) in [6.07, 6.45) is 1.56. The van der Waals surface area contributed by atoms with Gasteiger partial charge < -0.3 is 4.74 Å². The van der Waals surface area contributed by atoms with E-state index in [0.29, 0.717) is 16.4 Å². The zero-order chi connectivity index (χ0) is 18.0. The second-order valence-electron chi connectivity index (χ2n) is 5.89. The molecule has 0 spiro atoms. The molecule has 8 heteroatoms. The van der Waals surface area contributed by atoms with Crippen molar-refractivity contribution < 1.29 is 17.9 Å². The summed E-state index contributed by atoms with van der Waals surface area (Å²) in [5, 5.41) is 5.92. The summed E-state index contributed by atoms with van der Waals surface area (Å²) >= 11 is 6.37. The molecule has 0 radical (unpaired) electrons. The number of allylic oxidation sites excluding steroid dienone is 1. The molecule has 1 aromatic heterocycles. The number of hydrogen-bond donors (Lipinski definition) is 0. The predicted molar refractivity (Wildman–Crippen MR) is 94.1 cm³/mol. The topological polar surface area (TPSA) is 78.3 Å². The van der Waals surface area contributed by atoms with Crippen molar-refractivity contribution >= 4 is 27.4 Å². The Morgan fingerprint density at radius 1 is 1.36 bits per heavy atom. The van der Waals surface area contributed by atoms with Gasteiger partial charge in [0, 0.05) is 16.9 Å². The molecule has 1 unspecified atom stereocenters. The van der Waals surface area contributed by atoms with E-state index in [9.17, 15) is 13.2 Å². The Morgan fingerprint density at radius 3 is 2.72 bits per heavy atom. The Bertz CT molecular complexity index is 920. The Kier molecular flexibility index (Phi) is 4.96. The van der Waals surface area contributed by atoms with Crippen LogP contribution in [0.5, 0.6) is 0 Å². The highest BCUT2D eigenvalue weighted by molar-refractivity contribution is 7.94. The number of carbonyl (C=O) groups is 1. The number of rotatable bonds is 5. The molecule has 132 valence electrons. The molecule has 25 heavy (non-hydrogen) atoms. The molecule has 0 aliphatic carbocycles. The van der Waals surface area contributed by atoms with Gasteiger partial charge in [0.2, 0.25) is 0 Å². The summed E-state index contributed by atoms with van der Waals surface area (Å²) in [6, 6.07) is 9.41. The number of benzene rings is 1. The average molecular weight is 381 g/mol. The number of para-hydroxylation sites is 1. The first kappa shape index (κ1) is 17.7. The predicted octanol–water partition coefficient (Wildman–Crippen LogP) is 2.83. The maximum Gasteiger partial charge on any atom is 0.306 e. The van der Waals surface area contributed by atoms with Crippen LogP contribution in [0.1, 0.15) is 17.7 Å². The number of aromatic nitrogens is 2. The highest BCUT2D eigenvalue weighted by atomic mass is 35.5. The molecule has 1 aliphatic rings. The van der Waals surface area contributed by atoms with Crippen molar-refractivity contribution in [2.24, 2.45) is 5.92 Å². The molecule has 0 amide bonds. The number of sulfone groups is 1. The van der Waals surface area contributed by atoms with Crippen molar-refractivity contribution in [2.45, 2.75) is 20.0 Å². The van der Waals surface area contributed by atoms with Gasteiger partial charge in [-0.15, -0.1) is 0 Å². The van der Waals surface area contributed by atoms with Crippen LogP contribution in [0, 0.1) is 12.8 Å². The normalized spacial score (nSPS) is 18.4. The van der Waals surface area contributed by atoms with Crippen LogP contribution in [-0.2, 0) is 26.0 Å². The van der Waals surface area contributed by atoms with Gasteiger partial charge in [0.1, 0.15) is 11.8 Å². The van der Waals surface area contributed by atoms with Crippen molar-refractivity contribution in [2.75, 3.05) is 5.75 Å². The van der Waals surface area contributed by atoms with Crippen LogP contribution < -0.4 is 0 Å². The lowest BCUT2D eigenvalue weighted by Crippen LogP contribution is -2.13. The van der Waals surface area contributed by atoms with Crippen LogP contribution in [0.25, 0.3) is 5.69 Å². The first-order chi connectivity index (χ1) is 11.9. The van der Waals surface area contributed by atoms with E-state index in [2.05, 4.69) is 5.10 Å². The number of carbonyl (C=O) groups excluding carboxylic acids is 1. The van der Waals surface area contributed by atoms with Crippen LogP contribution in [0.2, 0.25) is 5.15 Å². The van der Waals surface area contributed by atoms with E-state index in [-0.39, 0.29) is 24.7 Å². The first-order valence-electron chi connectivity index (χ1n) is 7.72. The second kappa shape index (κ2) is 7.01. The maximum absolute atomic E-state index is 12.0. The van der Waals surface area contributed by atoms with Crippen LogP contribution in [0.3, 0.4) is 0 Å². The summed E-state index contributed by atoms with van der Waals surface area (Å²) < 4.78 is 29.6. The largest absolute Gasteiger partial charge is 0.461 e. The first-order valence-corrected chi connectivity index (χ1v) is 9.81. The number of esters is 1. The van der Waals surface area contributed by atoms with Crippen LogP contribution in [0.4, 0.5) is 0 Å². The Balaban J connectivity index is 1.65. The summed E-state index contributed by atoms with van der Waals surface area (Å²) in [6.45, 7) is 1.79. The number of halogens is 1. The van der Waals surface area contributed by atoms with Crippen molar-refractivity contribution in [1.29, 1.82) is 0 Å². The van der Waals surface area contributed by atoms with Gasteiger partial charge in [-0.3, -0.25) is 4.79 Å². The summed E-state index contributed by atoms with van der Waals surface area (Å²) in [7, 11) is -3.17. The smallest absolute Gasteiger partial charge is 0.306 e. The second-order valence-corrected chi connectivity index (χ2v) is 8.17. The van der Waals surface area contributed by atoms with Gasteiger partial charge in [0.25, 0.3) is 0 Å². The van der Waals surface area contributed by atoms with E-state index in [1.54, 1.807) is 11.6 Å². The van der Waals surface area contributed by atoms with Gasteiger partial charge in [-0.25, -0.2) is 13.1 Å². The fraction of sp³-hybridized carbons (Fsp3) is 0.294. The summed E-state index contributed by atoms with van der Waals surface area (Å²) in [5.41, 5.74) is 2.12. The summed E-state index contributed by atoms with van der Waals surface area (Å²) in [5.74, 6) is -0.843. The highest BCUT2D eigenvalue weighted by Gasteiger charge is 2.25. The maximum atomic E-state index is 12.0. The molecule has 1 atom stereocenters. The summed E-state index contributed by atoms with van der Waals surface area (Å²) in [4.78, 5) is 12.0.